The van der Waals surface area contributed by atoms with Gasteiger partial charge in [-0.25, -0.2) is 0 Å². The zero-order chi connectivity index (χ0) is 13.9. The van der Waals surface area contributed by atoms with Crippen LogP contribution in [0.5, 0.6) is 0 Å². The summed E-state index contributed by atoms with van der Waals surface area (Å²) in [5.41, 5.74) is -0.0110. The van der Waals surface area contributed by atoms with Gasteiger partial charge in [-0.05, 0) is 31.2 Å². The fourth-order valence-electron chi connectivity index (χ4n) is 1.81. The first-order valence-corrected chi connectivity index (χ1v) is 6.60. The molecule has 0 atom stereocenters. The van der Waals surface area contributed by atoms with E-state index in [2.05, 4.69) is 0 Å². The van der Waals surface area contributed by atoms with E-state index in [-0.39, 0.29) is 12.6 Å². The molecule has 0 radical (unpaired) electrons. The summed E-state index contributed by atoms with van der Waals surface area (Å²) in [6.07, 6.45) is 3.11. The molecule has 0 saturated carbocycles. The molecule has 0 aromatic heterocycles. The number of carbonyl (C=O) groups excluding carboxylic acids is 1. The average Bonchev–Trinajstić information content (AvgIpc) is 2.38. The molecule has 1 aromatic rings. The van der Waals surface area contributed by atoms with Crippen LogP contribution in [0.15, 0.2) is 24.3 Å². The summed E-state index contributed by atoms with van der Waals surface area (Å²) in [6.45, 7) is 2.76. The van der Waals surface area contributed by atoms with E-state index in [1.54, 1.807) is 24.3 Å². The lowest BCUT2D eigenvalue weighted by atomic mass is 9.86. The third-order valence-corrected chi connectivity index (χ3v) is 3.66. The lowest BCUT2D eigenvalue weighted by molar-refractivity contribution is -0.168. The van der Waals surface area contributed by atoms with Gasteiger partial charge in [0.1, 0.15) is 6.79 Å². The Kier molecular flexibility index (Phi) is 4.63. The number of hydrogen-bond acceptors (Lipinski definition) is 3. The van der Waals surface area contributed by atoms with Gasteiger partial charge in [0.15, 0.2) is 5.78 Å². The number of allylic oxidation sites excluding steroid dienone is 1. The van der Waals surface area contributed by atoms with Crippen molar-refractivity contribution in [2.45, 2.75) is 6.92 Å². The van der Waals surface area contributed by atoms with E-state index in [0.29, 0.717) is 28.8 Å². The van der Waals surface area contributed by atoms with E-state index in [1.807, 2.05) is 6.92 Å². The van der Waals surface area contributed by atoms with Crippen LogP contribution in [-0.2, 0) is 14.3 Å². The van der Waals surface area contributed by atoms with Crippen molar-refractivity contribution in [2.24, 2.45) is 5.41 Å². The zero-order valence-electron chi connectivity index (χ0n) is 10.5. The number of rotatable bonds is 3. The first-order valence-electron chi connectivity index (χ1n) is 5.85. The Hall–Kier alpha value is -0.870. The minimum absolute atomic E-state index is 0.0665. The van der Waals surface area contributed by atoms with E-state index in [4.69, 9.17) is 32.7 Å². The fourth-order valence-corrected chi connectivity index (χ4v) is 2.33. The second-order valence-corrected chi connectivity index (χ2v) is 5.52. The van der Waals surface area contributed by atoms with Gasteiger partial charge in [-0.2, -0.15) is 0 Å². The van der Waals surface area contributed by atoms with Crippen LogP contribution in [0.4, 0.5) is 0 Å². The van der Waals surface area contributed by atoms with Crippen LogP contribution >= 0.6 is 23.2 Å². The molecule has 1 fully saturated rings. The van der Waals surface area contributed by atoms with Crippen LogP contribution in [-0.4, -0.2) is 25.8 Å². The first kappa shape index (κ1) is 14.5. The molecule has 0 bridgehead atoms. The van der Waals surface area contributed by atoms with Gasteiger partial charge in [0.25, 0.3) is 0 Å². The molecule has 1 aliphatic heterocycles. The fraction of sp³-hybridized carbons (Fsp3) is 0.357. The van der Waals surface area contributed by atoms with Crippen LogP contribution in [0.25, 0.3) is 6.08 Å². The van der Waals surface area contributed by atoms with Crippen LogP contribution in [0.3, 0.4) is 0 Å². The highest BCUT2D eigenvalue weighted by molar-refractivity contribution is 6.37. The third kappa shape index (κ3) is 3.37. The monoisotopic (exact) mass is 300 g/mol. The molecule has 1 saturated heterocycles. The lowest BCUT2D eigenvalue weighted by Crippen LogP contribution is -2.40. The second-order valence-electron chi connectivity index (χ2n) is 4.71. The molecule has 0 unspecified atom stereocenters. The van der Waals surface area contributed by atoms with Gasteiger partial charge in [0, 0.05) is 15.6 Å². The Bertz CT molecular complexity index is 485. The quantitative estimate of drug-likeness (QED) is 0.800. The second kappa shape index (κ2) is 6.06. The molecule has 0 N–H and O–H groups in total. The van der Waals surface area contributed by atoms with Crippen molar-refractivity contribution < 1.29 is 14.3 Å². The smallest absolute Gasteiger partial charge is 0.166 e. The van der Waals surface area contributed by atoms with Gasteiger partial charge in [0.2, 0.25) is 0 Å². The number of ether oxygens (including phenoxy) is 2. The minimum Gasteiger partial charge on any atom is -0.354 e. The van der Waals surface area contributed by atoms with Crippen molar-refractivity contribution in [3.63, 3.8) is 0 Å². The maximum absolute atomic E-state index is 12.2. The van der Waals surface area contributed by atoms with Crippen LogP contribution in [0.2, 0.25) is 10.0 Å². The Balaban J connectivity index is 2.16. The zero-order valence-corrected chi connectivity index (χ0v) is 12.0. The number of halogens is 2. The summed E-state index contributed by atoms with van der Waals surface area (Å²) in [5.74, 6) is -0.0665. The molecule has 1 heterocycles. The molecule has 1 aromatic carbocycles. The molecule has 1 aliphatic rings. The number of hydrogen-bond donors (Lipinski definition) is 0. The van der Waals surface area contributed by atoms with Crippen molar-refractivity contribution in [3.05, 3.63) is 39.9 Å². The summed E-state index contributed by atoms with van der Waals surface area (Å²) in [4.78, 5) is 12.2. The summed E-state index contributed by atoms with van der Waals surface area (Å²) >= 11 is 12.1. The SMILES string of the molecule is CC1(C(=O)/C=C\c2c(Cl)cccc2Cl)COCOC1. The van der Waals surface area contributed by atoms with Crippen molar-refractivity contribution in [1.29, 1.82) is 0 Å². The summed E-state index contributed by atoms with van der Waals surface area (Å²) in [6, 6.07) is 5.21. The highest BCUT2D eigenvalue weighted by Crippen LogP contribution is 2.27. The van der Waals surface area contributed by atoms with Crippen LogP contribution in [0, 0.1) is 5.41 Å². The van der Waals surface area contributed by atoms with Gasteiger partial charge >= 0.3 is 0 Å². The van der Waals surface area contributed by atoms with Gasteiger partial charge < -0.3 is 9.47 Å². The van der Waals surface area contributed by atoms with Crippen molar-refractivity contribution in [3.8, 4) is 0 Å². The van der Waals surface area contributed by atoms with Crippen molar-refractivity contribution in [1.82, 2.24) is 0 Å². The Morgan fingerprint density at radius 1 is 1.26 bits per heavy atom. The van der Waals surface area contributed by atoms with Gasteiger partial charge in [-0.1, -0.05) is 29.3 Å². The van der Waals surface area contributed by atoms with Gasteiger partial charge in [0.05, 0.1) is 18.6 Å². The van der Waals surface area contributed by atoms with E-state index < -0.39 is 5.41 Å². The molecule has 5 heteroatoms. The first-order chi connectivity index (χ1) is 9.03. The standard InChI is InChI=1S/C14H14Cl2O3/c1-14(7-18-9-19-8-14)13(17)6-5-10-11(15)3-2-4-12(10)16/h2-6H,7-9H2,1H3/b6-5-. The topological polar surface area (TPSA) is 35.5 Å². The van der Waals surface area contributed by atoms with Gasteiger partial charge in [-0.15, -0.1) is 0 Å². The highest BCUT2D eigenvalue weighted by Gasteiger charge is 2.34. The van der Waals surface area contributed by atoms with E-state index >= 15 is 0 Å². The molecule has 3 nitrogen and oxygen atoms in total. The summed E-state index contributed by atoms with van der Waals surface area (Å²) in [5, 5.41) is 1.02. The largest absolute Gasteiger partial charge is 0.354 e. The molecule has 0 amide bonds. The Morgan fingerprint density at radius 2 is 1.84 bits per heavy atom. The minimum atomic E-state index is -0.650. The lowest BCUT2D eigenvalue weighted by Gasteiger charge is -2.30. The summed E-state index contributed by atoms with van der Waals surface area (Å²) < 4.78 is 10.4. The third-order valence-electron chi connectivity index (χ3n) is 3.00. The normalized spacial score (nSPS) is 18.7. The average molecular weight is 301 g/mol. The predicted octanol–water partition coefficient (Wildman–Crippen LogP) is 3.59. The van der Waals surface area contributed by atoms with Crippen molar-refractivity contribution in [2.75, 3.05) is 20.0 Å². The highest BCUT2D eigenvalue weighted by atomic mass is 35.5. The maximum atomic E-state index is 12.2. The number of carbonyl (C=O) groups is 1. The van der Waals surface area contributed by atoms with E-state index in [1.165, 1.54) is 6.08 Å². The number of benzene rings is 1. The predicted molar refractivity (Wildman–Crippen MR) is 75.4 cm³/mol. The molecule has 19 heavy (non-hydrogen) atoms. The Labute approximate surface area is 122 Å². The van der Waals surface area contributed by atoms with E-state index in [0.717, 1.165) is 0 Å². The van der Waals surface area contributed by atoms with Crippen LogP contribution < -0.4 is 0 Å². The van der Waals surface area contributed by atoms with E-state index in [9.17, 15) is 4.79 Å². The molecule has 0 aliphatic carbocycles. The Morgan fingerprint density at radius 3 is 2.42 bits per heavy atom. The summed E-state index contributed by atoms with van der Waals surface area (Å²) in [7, 11) is 0. The van der Waals surface area contributed by atoms with Crippen molar-refractivity contribution >= 4 is 35.1 Å². The van der Waals surface area contributed by atoms with Crippen LogP contribution in [0.1, 0.15) is 12.5 Å². The molecule has 2 rings (SSSR count). The molecular formula is C14H14Cl2O3. The molecule has 0 spiro atoms. The number of ketones is 1. The van der Waals surface area contributed by atoms with Gasteiger partial charge in [-0.3, -0.25) is 4.79 Å². The molecule has 102 valence electrons. The maximum Gasteiger partial charge on any atom is 0.166 e. The molecular weight excluding hydrogens is 287 g/mol.